The first-order valence-corrected chi connectivity index (χ1v) is 12.7. The molecule has 39 heavy (non-hydrogen) atoms. The fraction of sp³-hybridized carbons (Fsp3) is 0.212. The molecule has 0 saturated carbocycles. The second-order valence-electron chi connectivity index (χ2n) is 9.28. The molecular formula is C33H26F6. The van der Waals surface area contributed by atoms with Crippen LogP contribution in [0.15, 0.2) is 72.8 Å². The van der Waals surface area contributed by atoms with Gasteiger partial charge in [0.1, 0.15) is 23.0 Å². The molecule has 0 spiro atoms. The van der Waals surface area contributed by atoms with E-state index in [9.17, 15) is 26.3 Å². The SMILES string of the molecule is CCCCc1ccc(C#Cc2ccc(-c3ccc(-c4cc(F)c(C(F)(F)F)c(F)c4)c(F)c3)cc2CC)cc1. The minimum Gasteiger partial charge on any atom is -0.206 e. The molecule has 0 atom stereocenters. The van der Waals surface area contributed by atoms with E-state index in [1.165, 1.54) is 17.7 Å². The molecule has 4 rings (SSSR count). The van der Waals surface area contributed by atoms with Gasteiger partial charge in [-0.25, -0.2) is 13.2 Å². The topological polar surface area (TPSA) is 0 Å². The Kier molecular flexibility index (Phi) is 8.50. The van der Waals surface area contributed by atoms with Crippen molar-refractivity contribution in [3.05, 3.63) is 118 Å². The van der Waals surface area contributed by atoms with Gasteiger partial charge >= 0.3 is 6.18 Å². The van der Waals surface area contributed by atoms with Crippen LogP contribution in [0.3, 0.4) is 0 Å². The van der Waals surface area contributed by atoms with Crippen LogP contribution in [0.25, 0.3) is 22.3 Å². The Balaban J connectivity index is 1.59. The van der Waals surface area contributed by atoms with Crippen LogP contribution in [0.1, 0.15) is 54.5 Å². The maximum atomic E-state index is 15.0. The molecule has 4 aromatic rings. The van der Waals surface area contributed by atoms with E-state index in [0.717, 1.165) is 36.0 Å². The molecule has 0 bridgehead atoms. The summed E-state index contributed by atoms with van der Waals surface area (Å²) < 4.78 is 81.7. The molecule has 0 unspecified atom stereocenters. The van der Waals surface area contributed by atoms with E-state index < -0.39 is 29.2 Å². The molecule has 0 radical (unpaired) electrons. The van der Waals surface area contributed by atoms with Gasteiger partial charge in [0.25, 0.3) is 0 Å². The minimum absolute atomic E-state index is 0.204. The van der Waals surface area contributed by atoms with Crippen molar-refractivity contribution in [2.24, 2.45) is 0 Å². The van der Waals surface area contributed by atoms with Gasteiger partial charge in [-0.15, -0.1) is 0 Å². The summed E-state index contributed by atoms with van der Waals surface area (Å²) in [6, 6.07) is 18.8. The lowest BCUT2D eigenvalue weighted by Crippen LogP contribution is -2.11. The zero-order valence-corrected chi connectivity index (χ0v) is 21.5. The number of benzene rings is 4. The molecule has 0 N–H and O–H groups in total. The number of halogens is 6. The number of aryl methyl sites for hydroxylation is 2. The first kappa shape index (κ1) is 28.0. The van der Waals surface area contributed by atoms with Crippen molar-refractivity contribution in [1.29, 1.82) is 0 Å². The third-order valence-electron chi connectivity index (χ3n) is 6.54. The molecule has 0 aliphatic carbocycles. The summed E-state index contributed by atoms with van der Waals surface area (Å²) in [6.45, 7) is 4.15. The number of hydrogen-bond donors (Lipinski definition) is 0. The second kappa shape index (κ2) is 11.8. The van der Waals surface area contributed by atoms with E-state index in [2.05, 4.69) is 30.9 Å². The van der Waals surface area contributed by atoms with Gasteiger partial charge < -0.3 is 0 Å². The highest BCUT2D eigenvalue weighted by atomic mass is 19.4. The van der Waals surface area contributed by atoms with E-state index >= 15 is 0 Å². The summed E-state index contributed by atoms with van der Waals surface area (Å²) >= 11 is 0. The molecule has 200 valence electrons. The van der Waals surface area contributed by atoms with Gasteiger partial charge in [0.2, 0.25) is 0 Å². The highest BCUT2D eigenvalue weighted by molar-refractivity contribution is 5.72. The predicted octanol–water partition coefficient (Wildman–Crippen LogP) is 9.76. The Morgan fingerprint density at radius 2 is 1.28 bits per heavy atom. The van der Waals surface area contributed by atoms with Gasteiger partial charge in [-0.2, -0.15) is 13.2 Å². The van der Waals surface area contributed by atoms with Crippen LogP contribution in [0.4, 0.5) is 26.3 Å². The Labute approximate surface area is 224 Å². The first-order valence-electron chi connectivity index (χ1n) is 12.7. The lowest BCUT2D eigenvalue weighted by atomic mass is 9.95. The number of unbranched alkanes of at least 4 members (excludes halogenated alkanes) is 1. The second-order valence-corrected chi connectivity index (χ2v) is 9.28. The molecule has 0 aliphatic rings. The van der Waals surface area contributed by atoms with Gasteiger partial charge in [0, 0.05) is 16.7 Å². The molecule has 0 heterocycles. The summed E-state index contributed by atoms with van der Waals surface area (Å²) in [5.74, 6) is 2.01. The third-order valence-corrected chi connectivity index (χ3v) is 6.54. The van der Waals surface area contributed by atoms with E-state index in [1.807, 2.05) is 37.3 Å². The lowest BCUT2D eigenvalue weighted by molar-refractivity contribution is -0.142. The molecule has 0 aromatic heterocycles. The van der Waals surface area contributed by atoms with Crippen molar-refractivity contribution < 1.29 is 26.3 Å². The Bertz CT molecular complexity index is 1510. The predicted molar refractivity (Wildman–Crippen MR) is 143 cm³/mol. The highest BCUT2D eigenvalue weighted by Gasteiger charge is 2.38. The minimum atomic E-state index is -5.19. The van der Waals surface area contributed by atoms with E-state index in [4.69, 9.17) is 0 Å². The van der Waals surface area contributed by atoms with Crippen LogP contribution < -0.4 is 0 Å². The quantitative estimate of drug-likeness (QED) is 0.170. The fourth-order valence-corrected chi connectivity index (χ4v) is 4.39. The molecule has 0 saturated heterocycles. The summed E-state index contributed by atoms with van der Waals surface area (Å²) in [4.78, 5) is 0. The standard InChI is InChI=1S/C33H26F6/c1-3-5-6-21-7-9-22(10-8-21)11-12-24-13-14-25(17-23(24)4-2)26-15-16-28(29(34)18-26)27-19-30(35)32(31(36)20-27)33(37,38)39/h7-10,13-20H,3-6H2,1-2H3. The van der Waals surface area contributed by atoms with Crippen LogP contribution in [0.2, 0.25) is 0 Å². The zero-order valence-electron chi connectivity index (χ0n) is 21.5. The molecule has 0 nitrogen and oxygen atoms in total. The fourth-order valence-electron chi connectivity index (χ4n) is 4.39. The monoisotopic (exact) mass is 536 g/mol. The Morgan fingerprint density at radius 1 is 0.667 bits per heavy atom. The van der Waals surface area contributed by atoms with Crippen molar-refractivity contribution in [2.75, 3.05) is 0 Å². The van der Waals surface area contributed by atoms with Gasteiger partial charge in [-0.05, 0) is 89.5 Å². The van der Waals surface area contributed by atoms with Crippen molar-refractivity contribution in [2.45, 2.75) is 45.7 Å². The number of rotatable bonds is 6. The molecule has 0 aliphatic heterocycles. The lowest BCUT2D eigenvalue weighted by Gasteiger charge is -2.13. The number of alkyl halides is 3. The summed E-state index contributed by atoms with van der Waals surface area (Å²) in [6.07, 6.45) is -1.16. The summed E-state index contributed by atoms with van der Waals surface area (Å²) in [7, 11) is 0. The van der Waals surface area contributed by atoms with Crippen LogP contribution in [0.5, 0.6) is 0 Å². The maximum Gasteiger partial charge on any atom is 0.422 e. The molecule has 0 fully saturated rings. The van der Waals surface area contributed by atoms with Crippen LogP contribution in [0, 0.1) is 29.3 Å². The smallest absolute Gasteiger partial charge is 0.206 e. The van der Waals surface area contributed by atoms with Crippen molar-refractivity contribution >= 4 is 0 Å². The van der Waals surface area contributed by atoms with Gasteiger partial charge in [0.15, 0.2) is 0 Å². The van der Waals surface area contributed by atoms with Gasteiger partial charge in [-0.3, -0.25) is 0 Å². The normalized spacial score (nSPS) is 11.3. The molecule has 6 heteroatoms. The molecule has 4 aromatic carbocycles. The van der Waals surface area contributed by atoms with Gasteiger partial charge in [0.05, 0.1) is 0 Å². The van der Waals surface area contributed by atoms with Gasteiger partial charge in [-0.1, -0.05) is 62.4 Å². The molecule has 0 amide bonds. The Morgan fingerprint density at radius 3 is 1.87 bits per heavy atom. The van der Waals surface area contributed by atoms with Crippen molar-refractivity contribution in [3.8, 4) is 34.1 Å². The van der Waals surface area contributed by atoms with Crippen LogP contribution in [-0.2, 0) is 19.0 Å². The van der Waals surface area contributed by atoms with Crippen LogP contribution in [-0.4, -0.2) is 0 Å². The summed E-state index contributed by atoms with van der Waals surface area (Å²) in [5.41, 5.74) is 2.73. The van der Waals surface area contributed by atoms with Crippen LogP contribution >= 0.6 is 0 Å². The van der Waals surface area contributed by atoms with E-state index in [0.29, 0.717) is 29.7 Å². The van der Waals surface area contributed by atoms with E-state index in [1.54, 1.807) is 6.07 Å². The summed E-state index contributed by atoms with van der Waals surface area (Å²) in [5, 5.41) is 0. The largest absolute Gasteiger partial charge is 0.422 e. The Hall–Kier alpha value is -3.98. The maximum absolute atomic E-state index is 15.0. The zero-order chi connectivity index (χ0) is 28.2. The third kappa shape index (κ3) is 6.54. The first-order chi connectivity index (χ1) is 18.6. The average Bonchev–Trinajstić information content (AvgIpc) is 2.90. The van der Waals surface area contributed by atoms with Crippen molar-refractivity contribution in [3.63, 3.8) is 0 Å². The highest BCUT2D eigenvalue weighted by Crippen LogP contribution is 2.37. The van der Waals surface area contributed by atoms with Crippen molar-refractivity contribution in [1.82, 2.24) is 0 Å². The average molecular weight is 537 g/mol. The molecular weight excluding hydrogens is 510 g/mol. The van der Waals surface area contributed by atoms with E-state index in [-0.39, 0.29) is 11.1 Å². The number of hydrogen-bond acceptors (Lipinski definition) is 0.